The Morgan fingerprint density at radius 2 is 2.15 bits per heavy atom. The maximum Gasteiger partial charge on any atom is 0.522 e. The highest BCUT2D eigenvalue weighted by molar-refractivity contribution is 5.70. The number of rotatable bonds is 5. The summed E-state index contributed by atoms with van der Waals surface area (Å²) in [4.78, 5) is 10.3. The van der Waals surface area contributed by atoms with Crippen molar-refractivity contribution in [2.45, 2.75) is 12.8 Å². The van der Waals surface area contributed by atoms with Gasteiger partial charge in [0.1, 0.15) is 0 Å². The van der Waals surface area contributed by atoms with Gasteiger partial charge >= 0.3 is 12.3 Å². The molecule has 76 valence electrons. The predicted octanol–water partition coefficient (Wildman–Crippen LogP) is 1.80. The second-order valence-corrected chi connectivity index (χ2v) is 2.32. The molecule has 0 aliphatic heterocycles. The molecule has 1 atom stereocenters. The maximum atomic E-state index is 11.5. The monoisotopic (exact) mass is 198 g/mol. The highest BCUT2D eigenvalue weighted by Crippen LogP contribution is 2.18. The largest absolute Gasteiger partial charge is 0.522 e. The Morgan fingerprint density at radius 1 is 1.62 bits per heavy atom. The summed E-state index contributed by atoms with van der Waals surface area (Å²) in [7, 11) is 0. The van der Waals surface area contributed by atoms with Gasteiger partial charge in [0.15, 0.2) is 0 Å². The molecule has 0 aliphatic carbocycles. The molecule has 13 heavy (non-hydrogen) atoms. The SMILES string of the molecule is C=CCC(COC(F)(F)F)C(=O)O. The van der Waals surface area contributed by atoms with Crippen LogP contribution in [0.15, 0.2) is 12.7 Å². The zero-order valence-corrected chi connectivity index (χ0v) is 6.67. The fraction of sp³-hybridized carbons (Fsp3) is 0.571. The smallest absolute Gasteiger partial charge is 0.481 e. The van der Waals surface area contributed by atoms with E-state index in [1.807, 2.05) is 0 Å². The van der Waals surface area contributed by atoms with Gasteiger partial charge in [0.25, 0.3) is 0 Å². The summed E-state index contributed by atoms with van der Waals surface area (Å²) in [6.07, 6.45) is -3.60. The molecule has 0 rings (SSSR count). The third-order valence-electron chi connectivity index (χ3n) is 1.25. The fourth-order valence-corrected chi connectivity index (χ4v) is 0.636. The lowest BCUT2D eigenvalue weighted by atomic mass is 10.1. The minimum atomic E-state index is -4.78. The molecular weight excluding hydrogens is 189 g/mol. The molecule has 0 saturated heterocycles. The number of carbonyl (C=O) groups is 1. The van der Waals surface area contributed by atoms with Gasteiger partial charge in [0.05, 0.1) is 12.5 Å². The van der Waals surface area contributed by atoms with Gasteiger partial charge < -0.3 is 5.11 Å². The van der Waals surface area contributed by atoms with E-state index in [1.165, 1.54) is 6.08 Å². The van der Waals surface area contributed by atoms with Gasteiger partial charge in [-0.3, -0.25) is 9.53 Å². The van der Waals surface area contributed by atoms with Crippen molar-refractivity contribution in [1.82, 2.24) is 0 Å². The molecule has 0 amide bonds. The standard InChI is InChI=1S/C7H9F3O3/c1-2-3-5(6(11)12)4-13-7(8,9)10/h2,5H,1,3-4H2,(H,11,12). The van der Waals surface area contributed by atoms with E-state index in [0.717, 1.165) is 0 Å². The summed E-state index contributed by atoms with van der Waals surface area (Å²) in [6.45, 7) is 2.34. The molecule has 0 saturated carbocycles. The first-order valence-corrected chi connectivity index (χ1v) is 3.41. The van der Waals surface area contributed by atoms with Crippen LogP contribution in [0.3, 0.4) is 0 Å². The van der Waals surface area contributed by atoms with Crippen LogP contribution >= 0.6 is 0 Å². The van der Waals surface area contributed by atoms with E-state index in [1.54, 1.807) is 0 Å². The predicted molar refractivity (Wildman–Crippen MR) is 37.9 cm³/mol. The average Bonchev–Trinajstić information content (AvgIpc) is 1.95. The van der Waals surface area contributed by atoms with E-state index in [2.05, 4.69) is 11.3 Å². The summed E-state index contributed by atoms with van der Waals surface area (Å²) in [5.41, 5.74) is 0. The quantitative estimate of drug-likeness (QED) is 0.685. The van der Waals surface area contributed by atoms with Crippen LogP contribution in [0.5, 0.6) is 0 Å². The van der Waals surface area contributed by atoms with E-state index in [4.69, 9.17) is 5.11 Å². The zero-order valence-electron chi connectivity index (χ0n) is 6.67. The van der Waals surface area contributed by atoms with E-state index in [9.17, 15) is 18.0 Å². The lowest BCUT2D eigenvalue weighted by Gasteiger charge is -2.11. The molecule has 0 aromatic carbocycles. The summed E-state index contributed by atoms with van der Waals surface area (Å²) >= 11 is 0. The summed E-state index contributed by atoms with van der Waals surface area (Å²) in [5, 5.41) is 8.41. The molecule has 0 aromatic rings. The first-order chi connectivity index (χ1) is 5.87. The Balaban J connectivity index is 3.97. The number of halogens is 3. The van der Waals surface area contributed by atoms with Gasteiger partial charge in [-0.15, -0.1) is 19.8 Å². The fourth-order valence-electron chi connectivity index (χ4n) is 0.636. The van der Waals surface area contributed by atoms with Crippen molar-refractivity contribution in [1.29, 1.82) is 0 Å². The zero-order chi connectivity index (χ0) is 10.5. The molecule has 0 spiro atoms. The van der Waals surface area contributed by atoms with E-state index < -0.39 is 24.9 Å². The van der Waals surface area contributed by atoms with Crippen molar-refractivity contribution < 1.29 is 27.8 Å². The van der Waals surface area contributed by atoms with Crippen LogP contribution in [0.1, 0.15) is 6.42 Å². The van der Waals surface area contributed by atoms with Crippen molar-refractivity contribution in [3.05, 3.63) is 12.7 Å². The number of aliphatic carboxylic acids is 1. The highest BCUT2D eigenvalue weighted by atomic mass is 19.4. The first kappa shape index (κ1) is 12.0. The van der Waals surface area contributed by atoms with Crippen LogP contribution in [0.2, 0.25) is 0 Å². The Morgan fingerprint density at radius 3 is 2.46 bits per heavy atom. The number of carboxylic acid groups (broad SMARTS) is 1. The molecule has 0 bridgehead atoms. The van der Waals surface area contributed by atoms with Crippen LogP contribution in [0.25, 0.3) is 0 Å². The van der Waals surface area contributed by atoms with Crippen LogP contribution in [0.4, 0.5) is 13.2 Å². The Hall–Kier alpha value is -1.04. The van der Waals surface area contributed by atoms with Crippen molar-refractivity contribution in [3.63, 3.8) is 0 Å². The van der Waals surface area contributed by atoms with Gasteiger partial charge in [-0.2, -0.15) is 0 Å². The number of hydrogen-bond donors (Lipinski definition) is 1. The molecule has 0 fully saturated rings. The Labute approximate surface area is 72.8 Å². The van der Waals surface area contributed by atoms with Crippen LogP contribution in [-0.2, 0) is 9.53 Å². The third kappa shape index (κ3) is 6.15. The lowest BCUT2D eigenvalue weighted by molar-refractivity contribution is -0.327. The first-order valence-electron chi connectivity index (χ1n) is 3.41. The second kappa shape index (κ2) is 4.86. The number of ether oxygens (including phenoxy) is 1. The van der Waals surface area contributed by atoms with Crippen molar-refractivity contribution >= 4 is 5.97 Å². The number of allylic oxidation sites excluding steroid dienone is 1. The number of carboxylic acids is 1. The molecule has 1 unspecified atom stereocenters. The molecule has 0 aliphatic rings. The Kier molecular flexibility index (Phi) is 4.47. The maximum absolute atomic E-state index is 11.5. The van der Waals surface area contributed by atoms with Crippen LogP contribution in [0, 0.1) is 5.92 Å². The van der Waals surface area contributed by atoms with Crippen LogP contribution < -0.4 is 0 Å². The molecule has 0 heterocycles. The van der Waals surface area contributed by atoms with E-state index >= 15 is 0 Å². The van der Waals surface area contributed by atoms with Gasteiger partial charge in [0.2, 0.25) is 0 Å². The van der Waals surface area contributed by atoms with E-state index in [0.29, 0.717) is 0 Å². The molecular formula is C7H9F3O3. The molecule has 3 nitrogen and oxygen atoms in total. The van der Waals surface area contributed by atoms with Crippen molar-refractivity contribution in [2.24, 2.45) is 5.92 Å². The summed E-state index contributed by atoms with van der Waals surface area (Å²) < 4.78 is 37.8. The van der Waals surface area contributed by atoms with Gasteiger partial charge in [0, 0.05) is 0 Å². The number of alkyl halides is 3. The van der Waals surface area contributed by atoms with Gasteiger partial charge in [-0.1, -0.05) is 6.08 Å². The molecule has 0 radical (unpaired) electrons. The van der Waals surface area contributed by atoms with Crippen molar-refractivity contribution in [2.75, 3.05) is 6.61 Å². The lowest BCUT2D eigenvalue weighted by Crippen LogP contribution is -2.24. The topological polar surface area (TPSA) is 46.5 Å². The van der Waals surface area contributed by atoms with Crippen molar-refractivity contribution in [3.8, 4) is 0 Å². The number of hydrogen-bond acceptors (Lipinski definition) is 2. The second-order valence-electron chi connectivity index (χ2n) is 2.32. The molecule has 6 heteroatoms. The third-order valence-corrected chi connectivity index (χ3v) is 1.25. The average molecular weight is 198 g/mol. The highest BCUT2D eigenvalue weighted by Gasteiger charge is 2.31. The minimum Gasteiger partial charge on any atom is -0.481 e. The Bertz CT molecular complexity index is 188. The van der Waals surface area contributed by atoms with Gasteiger partial charge in [-0.05, 0) is 6.42 Å². The minimum absolute atomic E-state index is 0.0502. The summed E-state index contributed by atoms with van der Waals surface area (Å²) in [6, 6.07) is 0. The van der Waals surface area contributed by atoms with Gasteiger partial charge in [-0.25, -0.2) is 0 Å². The molecule has 0 aromatic heterocycles. The van der Waals surface area contributed by atoms with E-state index in [-0.39, 0.29) is 6.42 Å². The van der Waals surface area contributed by atoms with Crippen LogP contribution in [-0.4, -0.2) is 24.0 Å². The molecule has 1 N–H and O–H groups in total. The summed E-state index contributed by atoms with van der Waals surface area (Å²) in [5.74, 6) is -2.52. The normalized spacial score (nSPS) is 13.8.